The molecule has 1 atom stereocenters. The summed E-state index contributed by atoms with van der Waals surface area (Å²) in [6, 6.07) is 13.4. The molecule has 4 rings (SSSR count). The molecule has 3 aromatic rings. The number of carbonyl (C=O) groups excluding carboxylic acids is 1. The van der Waals surface area contributed by atoms with Gasteiger partial charge in [0.05, 0.1) is 24.2 Å². The van der Waals surface area contributed by atoms with Gasteiger partial charge in [-0.1, -0.05) is 25.1 Å². The van der Waals surface area contributed by atoms with Crippen LogP contribution in [0.2, 0.25) is 0 Å². The predicted octanol–water partition coefficient (Wildman–Crippen LogP) is 3.49. The van der Waals surface area contributed by atoms with Gasteiger partial charge in [-0.25, -0.2) is 4.79 Å². The lowest BCUT2D eigenvalue weighted by molar-refractivity contribution is -0.121. The molecule has 0 aliphatic carbocycles. The largest absolute Gasteiger partial charge is 0.493 e. The number of para-hydroxylation sites is 2. The number of nitrogens with one attached hydrogen (secondary N) is 1. The van der Waals surface area contributed by atoms with Crippen LogP contribution < -0.4 is 20.5 Å². The van der Waals surface area contributed by atoms with Crippen LogP contribution in [-0.4, -0.2) is 41.5 Å². The molecule has 34 heavy (non-hydrogen) atoms. The fraction of sp³-hybridized carbons (Fsp3) is 0.462. The number of amides is 1. The molecule has 8 nitrogen and oxygen atoms in total. The molecule has 1 fully saturated rings. The lowest BCUT2D eigenvalue weighted by atomic mass is 10.2. The lowest BCUT2D eigenvalue weighted by Gasteiger charge is -2.15. The van der Waals surface area contributed by atoms with E-state index in [2.05, 4.69) is 5.32 Å². The number of nitrogens with zero attached hydrogens (tertiary/aromatic N) is 2. The minimum Gasteiger partial charge on any atom is -0.493 e. The first kappa shape index (κ1) is 23.9. The van der Waals surface area contributed by atoms with Gasteiger partial charge in [0, 0.05) is 32.7 Å². The van der Waals surface area contributed by atoms with E-state index >= 15 is 0 Å². The summed E-state index contributed by atoms with van der Waals surface area (Å²) >= 11 is 0. The monoisotopic (exact) mass is 467 g/mol. The van der Waals surface area contributed by atoms with E-state index in [1.165, 1.54) is 0 Å². The van der Waals surface area contributed by atoms with Crippen LogP contribution in [0, 0.1) is 0 Å². The van der Waals surface area contributed by atoms with Crippen LogP contribution in [0.3, 0.4) is 0 Å². The molecular weight excluding hydrogens is 434 g/mol. The Morgan fingerprint density at radius 2 is 1.88 bits per heavy atom. The van der Waals surface area contributed by atoms with E-state index in [1.54, 1.807) is 16.2 Å². The van der Waals surface area contributed by atoms with Crippen molar-refractivity contribution in [3.8, 4) is 11.5 Å². The van der Waals surface area contributed by atoms with E-state index in [1.807, 2.05) is 49.4 Å². The second kappa shape index (κ2) is 11.2. The van der Waals surface area contributed by atoms with Gasteiger partial charge in [0.1, 0.15) is 6.61 Å². The first-order chi connectivity index (χ1) is 16.6. The quantitative estimate of drug-likeness (QED) is 0.467. The summed E-state index contributed by atoms with van der Waals surface area (Å²) in [5.74, 6) is 1.17. The average molecular weight is 468 g/mol. The van der Waals surface area contributed by atoms with Crippen LogP contribution >= 0.6 is 0 Å². The highest BCUT2D eigenvalue weighted by Gasteiger charge is 2.17. The standard InChI is InChI=1S/C26H33N3O5/c1-3-13-28-21-8-4-5-9-22(21)29(26(28)31)14-12-25(30)27-17-19-10-11-23(24(16-19)32-2)34-18-20-7-6-15-33-20/h4-5,8-11,16,20H,3,6-7,12-15,17-18H2,1-2H3,(H,27,30). The van der Waals surface area contributed by atoms with Gasteiger partial charge in [0.15, 0.2) is 11.5 Å². The highest BCUT2D eigenvalue weighted by Crippen LogP contribution is 2.29. The molecule has 1 aliphatic heterocycles. The summed E-state index contributed by atoms with van der Waals surface area (Å²) in [6.07, 6.45) is 3.30. The maximum Gasteiger partial charge on any atom is 0.329 e. The lowest BCUT2D eigenvalue weighted by Crippen LogP contribution is -2.28. The Bertz CT molecular complexity index is 1180. The molecule has 182 valence electrons. The van der Waals surface area contributed by atoms with Crippen molar-refractivity contribution in [1.29, 1.82) is 0 Å². The van der Waals surface area contributed by atoms with Crippen LogP contribution in [0.25, 0.3) is 11.0 Å². The molecule has 2 heterocycles. The first-order valence-electron chi connectivity index (χ1n) is 12.0. The second-order valence-electron chi connectivity index (χ2n) is 8.53. The van der Waals surface area contributed by atoms with E-state index in [9.17, 15) is 9.59 Å². The Labute approximate surface area is 199 Å². The highest BCUT2D eigenvalue weighted by atomic mass is 16.5. The molecule has 1 aromatic heterocycles. The molecule has 8 heteroatoms. The zero-order chi connectivity index (χ0) is 23.9. The Balaban J connectivity index is 1.33. The van der Waals surface area contributed by atoms with E-state index in [0.29, 0.717) is 37.7 Å². The Morgan fingerprint density at radius 3 is 2.56 bits per heavy atom. The van der Waals surface area contributed by atoms with Crippen LogP contribution in [-0.2, 0) is 29.2 Å². The van der Waals surface area contributed by atoms with Gasteiger partial charge in [-0.05, 0) is 49.1 Å². The number of ether oxygens (including phenoxy) is 3. The number of carbonyl (C=O) groups is 1. The number of rotatable bonds is 11. The van der Waals surface area contributed by atoms with Crippen molar-refractivity contribution in [2.75, 3.05) is 20.3 Å². The first-order valence-corrected chi connectivity index (χ1v) is 12.0. The third-order valence-corrected chi connectivity index (χ3v) is 6.10. The minimum absolute atomic E-state index is 0.0702. The molecule has 0 radical (unpaired) electrons. The molecule has 1 N–H and O–H groups in total. The van der Waals surface area contributed by atoms with Crippen molar-refractivity contribution in [3.63, 3.8) is 0 Å². The fourth-order valence-corrected chi connectivity index (χ4v) is 4.33. The Hall–Kier alpha value is -3.26. The van der Waals surface area contributed by atoms with Gasteiger partial charge >= 0.3 is 5.69 Å². The van der Waals surface area contributed by atoms with Crippen molar-refractivity contribution in [3.05, 3.63) is 58.5 Å². The second-order valence-corrected chi connectivity index (χ2v) is 8.53. The molecule has 1 amide bonds. The molecular formula is C26H33N3O5. The summed E-state index contributed by atoms with van der Waals surface area (Å²) in [5, 5.41) is 2.94. The molecule has 1 aliphatic rings. The molecule has 2 aromatic carbocycles. The fourth-order valence-electron chi connectivity index (χ4n) is 4.33. The Kier molecular flexibility index (Phi) is 7.90. The zero-order valence-electron chi connectivity index (χ0n) is 19.9. The van der Waals surface area contributed by atoms with Crippen molar-refractivity contribution in [2.24, 2.45) is 0 Å². The maximum atomic E-state index is 12.9. The summed E-state index contributed by atoms with van der Waals surface area (Å²) in [6.45, 7) is 4.70. The number of aryl methyl sites for hydroxylation is 2. The number of benzene rings is 2. The van der Waals surface area contributed by atoms with Crippen LogP contribution in [0.4, 0.5) is 0 Å². The van der Waals surface area contributed by atoms with Gasteiger partial charge in [0.25, 0.3) is 0 Å². The van der Waals surface area contributed by atoms with Crippen molar-refractivity contribution < 1.29 is 19.0 Å². The third kappa shape index (κ3) is 5.44. The maximum absolute atomic E-state index is 12.9. The number of methoxy groups -OCH3 is 1. The Morgan fingerprint density at radius 1 is 1.12 bits per heavy atom. The zero-order valence-corrected chi connectivity index (χ0v) is 19.9. The SMILES string of the molecule is CCCn1c(=O)n(CCC(=O)NCc2ccc(OCC3CCCO3)c(OC)c2)c2ccccc21. The van der Waals surface area contributed by atoms with Gasteiger partial charge in [-0.3, -0.25) is 13.9 Å². The smallest absolute Gasteiger partial charge is 0.329 e. The average Bonchev–Trinajstić information content (AvgIpc) is 3.47. The van der Waals surface area contributed by atoms with Crippen LogP contribution in [0.15, 0.2) is 47.3 Å². The van der Waals surface area contributed by atoms with Crippen LogP contribution in [0.1, 0.15) is 38.2 Å². The number of hydrogen-bond donors (Lipinski definition) is 1. The summed E-state index contributed by atoms with van der Waals surface area (Å²) < 4.78 is 20.4. The predicted molar refractivity (Wildman–Crippen MR) is 130 cm³/mol. The normalized spacial score (nSPS) is 15.5. The number of imidazole rings is 1. The number of fused-ring (bicyclic) bond motifs is 1. The number of hydrogen-bond acceptors (Lipinski definition) is 5. The summed E-state index contributed by atoms with van der Waals surface area (Å²) in [4.78, 5) is 25.4. The van der Waals surface area contributed by atoms with Gasteiger partial charge in [-0.15, -0.1) is 0 Å². The molecule has 0 saturated carbocycles. The summed E-state index contributed by atoms with van der Waals surface area (Å²) in [7, 11) is 1.60. The van der Waals surface area contributed by atoms with Gasteiger partial charge in [-0.2, -0.15) is 0 Å². The molecule has 0 spiro atoms. The van der Waals surface area contributed by atoms with E-state index in [-0.39, 0.29) is 24.1 Å². The topological polar surface area (TPSA) is 83.7 Å². The van der Waals surface area contributed by atoms with Crippen LogP contribution in [0.5, 0.6) is 11.5 Å². The van der Waals surface area contributed by atoms with Crippen molar-refractivity contribution >= 4 is 16.9 Å². The molecule has 1 saturated heterocycles. The molecule has 1 unspecified atom stereocenters. The minimum atomic E-state index is -0.114. The van der Waals surface area contributed by atoms with E-state index in [4.69, 9.17) is 14.2 Å². The van der Waals surface area contributed by atoms with Gasteiger partial charge < -0.3 is 19.5 Å². The van der Waals surface area contributed by atoms with Gasteiger partial charge in [0.2, 0.25) is 5.91 Å². The molecule has 0 bridgehead atoms. The van der Waals surface area contributed by atoms with Crippen molar-refractivity contribution in [1.82, 2.24) is 14.5 Å². The highest BCUT2D eigenvalue weighted by molar-refractivity contribution is 5.78. The summed E-state index contributed by atoms with van der Waals surface area (Å²) in [5.41, 5.74) is 2.60. The third-order valence-electron chi connectivity index (χ3n) is 6.10. The van der Waals surface area contributed by atoms with E-state index < -0.39 is 0 Å². The number of aromatic nitrogens is 2. The van der Waals surface area contributed by atoms with E-state index in [0.717, 1.165) is 42.5 Å². The van der Waals surface area contributed by atoms with Crippen molar-refractivity contribution in [2.45, 2.75) is 58.3 Å².